The first kappa shape index (κ1) is 13.0. The van der Waals surface area contributed by atoms with Crippen molar-refractivity contribution in [3.8, 4) is 0 Å². The molecule has 0 aliphatic carbocycles. The summed E-state index contributed by atoms with van der Waals surface area (Å²) in [4.78, 5) is 33.2. The van der Waals surface area contributed by atoms with Crippen molar-refractivity contribution in [2.75, 3.05) is 21.1 Å². The zero-order chi connectivity index (χ0) is 13.0. The second-order valence-corrected chi connectivity index (χ2v) is 3.67. The Labute approximate surface area is 98.6 Å². The Balaban J connectivity index is 3.04. The fraction of sp³-hybridized carbons (Fsp3) is 0.500. The van der Waals surface area contributed by atoms with Crippen molar-refractivity contribution in [1.82, 2.24) is 20.2 Å². The molecule has 1 aromatic heterocycles. The first-order valence-electron chi connectivity index (χ1n) is 5.17. The van der Waals surface area contributed by atoms with Gasteiger partial charge >= 0.3 is 5.69 Å². The normalized spacial score (nSPS) is 11.4. The third kappa shape index (κ3) is 2.96. The van der Waals surface area contributed by atoms with Crippen molar-refractivity contribution in [3.63, 3.8) is 0 Å². The van der Waals surface area contributed by atoms with Crippen LogP contribution in [0.1, 0.15) is 11.3 Å². The smallest absolute Gasteiger partial charge is 0.325 e. The first-order valence-corrected chi connectivity index (χ1v) is 5.17. The van der Waals surface area contributed by atoms with Gasteiger partial charge in [-0.1, -0.05) is 0 Å². The van der Waals surface area contributed by atoms with Crippen molar-refractivity contribution in [2.45, 2.75) is 13.5 Å². The van der Waals surface area contributed by atoms with Gasteiger partial charge in [0.1, 0.15) is 0 Å². The van der Waals surface area contributed by atoms with Gasteiger partial charge in [0.2, 0.25) is 0 Å². The van der Waals surface area contributed by atoms with Crippen molar-refractivity contribution >= 4 is 5.96 Å². The van der Waals surface area contributed by atoms with Crippen molar-refractivity contribution in [1.29, 1.82) is 0 Å². The first-order chi connectivity index (χ1) is 7.99. The molecule has 0 fully saturated rings. The summed E-state index contributed by atoms with van der Waals surface area (Å²) < 4.78 is 0. The minimum Gasteiger partial charge on any atom is -0.359 e. The summed E-state index contributed by atoms with van der Waals surface area (Å²) in [5.74, 6) is 0.672. The SMILES string of the molecule is CN=C(NC)N(C)Cc1[nH]c(=O)[nH]c(=O)c1C. The standard InChI is InChI=1S/C10H17N5O2/c1-6-7(13-10(17)14-8(6)16)5-15(4)9(11-2)12-3/h5H2,1-4H3,(H,11,12)(H2,13,14,16,17). The molecule has 17 heavy (non-hydrogen) atoms. The van der Waals surface area contributed by atoms with Crippen LogP contribution in [-0.2, 0) is 6.54 Å². The predicted molar refractivity (Wildman–Crippen MR) is 66.3 cm³/mol. The van der Waals surface area contributed by atoms with Gasteiger partial charge in [-0.15, -0.1) is 0 Å². The van der Waals surface area contributed by atoms with E-state index in [0.717, 1.165) is 0 Å². The molecule has 7 heteroatoms. The van der Waals surface area contributed by atoms with E-state index in [1.165, 1.54) is 0 Å². The van der Waals surface area contributed by atoms with Gasteiger partial charge in [-0.05, 0) is 6.92 Å². The Morgan fingerprint density at radius 2 is 2.06 bits per heavy atom. The van der Waals surface area contributed by atoms with Crippen LogP contribution in [0.2, 0.25) is 0 Å². The largest absolute Gasteiger partial charge is 0.359 e. The fourth-order valence-electron chi connectivity index (χ4n) is 1.54. The van der Waals surface area contributed by atoms with E-state index in [0.29, 0.717) is 23.8 Å². The number of hydrogen-bond donors (Lipinski definition) is 3. The molecule has 1 rings (SSSR count). The number of rotatable bonds is 2. The van der Waals surface area contributed by atoms with E-state index < -0.39 is 5.69 Å². The molecule has 0 spiro atoms. The summed E-state index contributed by atoms with van der Waals surface area (Å²) in [6.07, 6.45) is 0. The van der Waals surface area contributed by atoms with Crippen LogP contribution < -0.4 is 16.6 Å². The Morgan fingerprint density at radius 3 is 2.59 bits per heavy atom. The van der Waals surface area contributed by atoms with Gasteiger partial charge in [-0.2, -0.15) is 0 Å². The molecule has 0 unspecified atom stereocenters. The van der Waals surface area contributed by atoms with Crippen LogP contribution in [-0.4, -0.2) is 42.0 Å². The molecule has 0 aliphatic heterocycles. The molecule has 1 heterocycles. The lowest BCUT2D eigenvalue weighted by atomic mass is 10.2. The van der Waals surface area contributed by atoms with Crippen LogP contribution in [0.3, 0.4) is 0 Å². The minimum atomic E-state index is -0.497. The topological polar surface area (TPSA) is 93.3 Å². The molecule has 0 amide bonds. The number of nitrogens with one attached hydrogen (secondary N) is 3. The summed E-state index contributed by atoms with van der Waals surface area (Å²) in [7, 11) is 5.24. The highest BCUT2D eigenvalue weighted by Gasteiger charge is 2.09. The molecule has 3 N–H and O–H groups in total. The monoisotopic (exact) mass is 239 g/mol. The maximum absolute atomic E-state index is 11.4. The Morgan fingerprint density at radius 1 is 1.41 bits per heavy atom. The maximum Gasteiger partial charge on any atom is 0.325 e. The number of hydrogen-bond acceptors (Lipinski definition) is 3. The number of aliphatic imine (C=N–C) groups is 1. The van der Waals surface area contributed by atoms with Crippen LogP contribution in [0.5, 0.6) is 0 Å². The Kier molecular flexibility index (Phi) is 4.08. The van der Waals surface area contributed by atoms with Crippen LogP contribution in [0.15, 0.2) is 14.6 Å². The molecule has 94 valence electrons. The van der Waals surface area contributed by atoms with Gasteiger partial charge in [0, 0.05) is 32.4 Å². The molecule has 0 bridgehead atoms. The number of aromatic nitrogens is 2. The van der Waals surface area contributed by atoms with Crippen LogP contribution >= 0.6 is 0 Å². The van der Waals surface area contributed by atoms with Gasteiger partial charge < -0.3 is 15.2 Å². The lowest BCUT2D eigenvalue weighted by Gasteiger charge is -2.20. The quantitative estimate of drug-likeness (QED) is 0.456. The third-order valence-electron chi connectivity index (χ3n) is 2.48. The predicted octanol–water partition coefficient (Wildman–Crippen LogP) is -0.991. The molecular weight excluding hydrogens is 222 g/mol. The summed E-state index contributed by atoms with van der Waals surface area (Å²) in [6.45, 7) is 2.07. The number of guanidine groups is 1. The maximum atomic E-state index is 11.4. The van der Waals surface area contributed by atoms with E-state index in [1.54, 1.807) is 25.9 Å². The molecule has 0 atom stereocenters. The highest BCUT2D eigenvalue weighted by Crippen LogP contribution is 2.00. The average Bonchev–Trinajstić information content (AvgIpc) is 2.27. The average molecular weight is 239 g/mol. The van der Waals surface area contributed by atoms with Gasteiger partial charge in [-0.3, -0.25) is 14.8 Å². The van der Waals surface area contributed by atoms with Crippen molar-refractivity contribution in [3.05, 3.63) is 32.1 Å². The van der Waals surface area contributed by atoms with Gasteiger partial charge in [-0.25, -0.2) is 4.79 Å². The molecule has 0 saturated carbocycles. The minimum absolute atomic E-state index is 0.364. The number of H-pyrrole nitrogens is 2. The summed E-state index contributed by atoms with van der Waals surface area (Å²) >= 11 is 0. The Hall–Kier alpha value is -2.05. The second-order valence-electron chi connectivity index (χ2n) is 3.67. The number of aromatic amines is 2. The van der Waals surface area contributed by atoms with Gasteiger partial charge in [0.05, 0.1) is 6.54 Å². The van der Waals surface area contributed by atoms with Crippen LogP contribution in [0.25, 0.3) is 0 Å². The lowest BCUT2D eigenvalue weighted by molar-refractivity contribution is 0.472. The van der Waals surface area contributed by atoms with E-state index in [2.05, 4.69) is 20.3 Å². The molecule has 0 aliphatic rings. The molecule has 1 aromatic rings. The zero-order valence-electron chi connectivity index (χ0n) is 10.4. The Bertz CT molecular complexity index is 528. The molecule has 7 nitrogen and oxygen atoms in total. The second kappa shape index (κ2) is 5.33. The van der Waals surface area contributed by atoms with Crippen molar-refractivity contribution in [2.24, 2.45) is 4.99 Å². The summed E-state index contributed by atoms with van der Waals surface area (Å²) in [6, 6.07) is 0. The molecule has 0 saturated heterocycles. The lowest BCUT2D eigenvalue weighted by Crippen LogP contribution is -2.38. The van der Waals surface area contributed by atoms with E-state index in [1.807, 2.05) is 7.05 Å². The van der Waals surface area contributed by atoms with Gasteiger partial charge in [0.25, 0.3) is 5.56 Å². The fourth-order valence-corrected chi connectivity index (χ4v) is 1.54. The highest BCUT2D eigenvalue weighted by atomic mass is 16.2. The van der Waals surface area contributed by atoms with Gasteiger partial charge in [0.15, 0.2) is 5.96 Å². The van der Waals surface area contributed by atoms with E-state index >= 15 is 0 Å². The molecule has 0 aromatic carbocycles. The summed E-state index contributed by atoms with van der Waals surface area (Å²) in [5.41, 5.74) is 0.223. The molecule has 0 radical (unpaired) electrons. The third-order valence-corrected chi connectivity index (χ3v) is 2.48. The van der Waals surface area contributed by atoms with E-state index in [4.69, 9.17) is 0 Å². The van der Waals surface area contributed by atoms with Crippen LogP contribution in [0.4, 0.5) is 0 Å². The summed E-state index contributed by atoms with van der Waals surface area (Å²) in [5, 5.41) is 2.92. The van der Waals surface area contributed by atoms with Crippen molar-refractivity contribution < 1.29 is 0 Å². The van der Waals surface area contributed by atoms with E-state index in [9.17, 15) is 9.59 Å². The number of nitrogens with zero attached hydrogens (tertiary/aromatic N) is 2. The molecular formula is C10H17N5O2. The zero-order valence-corrected chi connectivity index (χ0v) is 10.4. The van der Waals surface area contributed by atoms with E-state index in [-0.39, 0.29) is 5.56 Å². The highest BCUT2D eigenvalue weighted by molar-refractivity contribution is 5.79. The van der Waals surface area contributed by atoms with Crippen LogP contribution in [0, 0.1) is 6.92 Å².